The van der Waals surface area contributed by atoms with Gasteiger partial charge in [0.25, 0.3) is 0 Å². The Morgan fingerprint density at radius 3 is 2.53 bits per heavy atom. The Balaban J connectivity index is 2.58. The third-order valence-electron chi connectivity index (χ3n) is 2.39. The van der Waals surface area contributed by atoms with E-state index in [1.54, 1.807) is 11.3 Å². The molecule has 1 nitrogen and oxygen atoms in total. The molecule has 0 aliphatic heterocycles. The predicted molar refractivity (Wildman–Crippen MR) is 68.6 cm³/mol. The third kappa shape index (κ3) is 1.87. The molecule has 3 heteroatoms. The summed E-state index contributed by atoms with van der Waals surface area (Å²) in [5.74, 6) is 0. The topological polar surface area (TPSA) is 26.0 Å². The van der Waals surface area contributed by atoms with Crippen LogP contribution >= 0.6 is 22.9 Å². The Morgan fingerprint density at radius 1 is 1.27 bits per heavy atom. The molecule has 1 aromatic heterocycles. The molecule has 0 atom stereocenters. The van der Waals surface area contributed by atoms with Crippen LogP contribution in [0.4, 0.5) is 5.69 Å². The van der Waals surface area contributed by atoms with Gasteiger partial charge in [-0.2, -0.15) is 0 Å². The second kappa shape index (κ2) is 4.25. The lowest BCUT2D eigenvalue weighted by molar-refractivity contribution is 1.16. The number of rotatable bonds is 2. The molecule has 0 unspecified atom stereocenters. The molecule has 0 radical (unpaired) electrons. The number of anilines is 1. The highest BCUT2D eigenvalue weighted by molar-refractivity contribution is 7.20. The zero-order valence-electron chi connectivity index (χ0n) is 8.46. The van der Waals surface area contributed by atoms with Crippen molar-refractivity contribution in [1.29, 1.82) is 0 Å². The minimum Gasteiger partial charge on any atom is -0.397 e. The highest BCUT2D eigenvalue weighted by atomic mass is 35.5. The maximum absolute atomic E-state index is 6.06. The zero-order valence-corrected chi connectivity index (χ0v) is 10.0. The summed E-state index contributed by atoms with van der Waals surface area (Å²) in [5, 5.41) is 0. The molecule has 2 N–H and O–H groups in total. The van der Waals surface area contributed by atoms with Gasteiger partial charge in [-0.1, -0.05) is 48.9 Å². The number of thiophene rings is 1. The molecule has 0 fully saturated rings. The van der Waals surface area contributed by atoms with E-state index in [0.717, 1.165) is 17.7 Å². The van der Waals surface area contributed by atoms with Gasteiger partial charge in [0, 0.05) is 4.88 Å². The van der Waals surface area contributed by atoms with Crippen molar-refractivity contribution in [2.75, 3.05) is 5.73 Å². The molecule has 0 aliphatic carbocycles. The van der Waals surface area contributed by atoms with Crippen LogP contribution in [0, 0.1) is 0 Å². The largest absolute Gasteiger partial charge is 0.397 e. The molecule has 78 valence electrons. The Morgan fingerprint density at radius 2 is 1.93 bits per heavy atom. The molecule has 0 aliphatic rings. The predicted octanol–water partition coefficient (Wildman–Crippen LogP) is 4.21. The van der Waals surface area contributed by atoms with E-state index >= 15 is 0 Å². The van der Waals surface area contributed by atoms with Gasteiger partial charge in [0.15, 0.2) is 0 Å². The molecular weight excluding hydrogens is 226 g/mol. The van der Waals surface area contributed by atoms with Crippen molar-refractivity contribution in [3.8, 4) is 10.4 Å². The van der Waals surface area contributed by atoms with E-state index in [1.165, 1.54) is 10.4 Å². The van der Waals surface area contributed by atoms with Gasteiger partial charge in [-0.05, 0) is 17.5 Å². The highest BCUT2D eigenvalue weighted by Gasteiger charge is 2.13. The molecule has 15 heavy (non-hydrogen) atoms. The van der Waals surface area contributed by atoms with Crippen molar-refractivity contribution in [2.24, 2.45) is 0 Å². The van der Waals surface area contributed by atoms with E-state index in [-0.39, 0.29) is 0 Å². The maximum Gasteiger partial charge on any atom is 0.117 e. The van der Waals surface area contributed by atoms with Crippen molar-refractivity contribution in [1.82, 2.24) is 0 Å². The van der Waals surface area contributed by atoms with Crippen LogP contribution in [-0.4, -0.2) is 0 Å². The summed E-state index contributed by atoms with van der Waals surface area (Å²) in [4.78, 5) is 1.20. The molecule has 0 bridgehead atoms. The molecule has 0 saturated carbocycles. The fourth-order valence-corrected chi connectivity index (χ4v) is 3.01. The van der Waals surface area contributed by atoms with Crippen molar-refractivity contribution < 1.29 is 0 Å². The Labute approximate surface area is 98.5 Å². The Kier molecular flexibility index (Phi) is 2.98. The standard InChI is InChI=1S/C12H12ClNS/c1-2-9-10(14)12(13)15-11(9)8-6-4-3-5-7-8/h3-7H,2,14H2,1H3. The fraction of sp³-hybridized carbons (Fsp3) is 0.167. The van der Waals surface area contributed by atoms with Crippen LogP contribution in [0.1, 0.15) is 12.5 Å². The van der Waals surface area contributed by atoms with Crippen LogP contribution in [-0.2, 0) is 6.42 Å². The lowest BCUT2D eigenvalue weighted by Gasteiger charge is -2.01. The molecule has 2 aromatic rings. The first-order valence-electron chi connectivity index (χ1n) is 4.86. The summed E-state index contributed by atoms with van der Waals surface area (Å²) in [6.07, 6.45) is 0.916. The van der Waals surface area contributed by atoms with E-state index in [4.69, 9.17) is 17.3 Å². The fourth-order valence-electron chi connectivity index (χ4n) is 1.62. The number of nitrogen functional groups attached to an aromatic ring is 1. The van der Waals surface area contributed by atoms with E-state index in [1.807, 2.05) is 18.2 Å². The van der Waals surface area contributed by atoms with Gasteiger partial charge in [-0.3, -0.25) is 0 Å². The first-order chi connectivity index (χ1) is 7.24. The summed E-state index contributed by atoms with van der Waals surface area (Å²) < 4.78 is 0.700. The average molecular weight is 238 g/mol. The molecule has 0 saturated heterocycles. The minimum absolute atomic E-state index is 0.700. The van der Waals surface area contributed by atoms with E-state index in [2.05, 4.69) is 19.1 Å². The van der Waals surface area contributed by atoms with Gasteiger partial charge in [0.2, 0.25) is 0 Å². The van der Waals surface area contributed by atoms with Crippen LogP contribution in [0.3, 0.4) is 0 Å². The average Bonchev–Trinajstić information content (AvgIpc) is 2.56. The minimum atomic E-state index is 0.700. The molecular formula is C12H12ClNS. The second-order valence-electron chi connectivity index (χ2n) is 3.32. The monoisotopic (exact) mass is 237 g/mol. The number of nitrogens with two attached hydrogens (primary N) is 1. The van der Waals surface area contributed by atoms with Crippen molar-refractivity contribution in [2.45, 2.75) is 13.3 Å². The highest BCUT2D eigenvalue weighted by Crippen LogP contribution is 2.41. The lowest BCUT2D eigenvalue weighted by atomic mass is 10.1. The van der Waals surface area contributed by atoms with Gasteiger partial charge in [0.05, 0.1) is 5.69 Å². The Hall–Kier alpha value is -0.990. The number of hydrogen-bond acceptors (Lipinski definition) is 2. The maximum atomic E-state index is 6.06. The van der Waals surface area contributed by atoms with Gasteiger partial charge in [0.1, 0.15) is 4.34 Å². The number of benzene rings is 1. The first kappa shape index (κ1) is 10.5. The molecule has 1 heterocycles. The van der Waals surface area contributed by atoms with Crippen LogP contribution in [0.25, 0.3) is 10.4 Å². The van der Waals surface area contributed by atoms with Crippen molar-refractivity contribution in [3.05, 3.63) is 40.2 Å². The van der Waals surface area contributed by atoms with Gasteiger partial charge < -0.3 is 5.73 Å². The van der Waals surface area contributed by atoms with E-state index < -0.39 is 0 Å². The van der Waals surface area contributed by atoms with Crippen LogP contribution in [0.5, 0.6) is 0 Å². The molecule has 2 rings (SSSR count). The van der Waals surface area contributed by atoms with Crippen LogP contribution < -0.4 is 5.73 Å². The SMILES string of the molecule is CCc1c(-c2ccccc2)sc(Cl)c1N. The lowest BCUT2D eigenvalue weighted by Crippen LogP contribution is -1.89. The van der Waals surface area contributed by atoms with Crippen molar-refractivity contribution in [3.63, 3.8) is 0 Å². The molecule has 0 spiro atoms. The molecule has 0 amide bonds. The number of hydrogen-bond donors (Lipinski definition) is 1. The quantitative estimate of drug-likeness (QED) is 0.832. The van der Waals surface area contributed by atoms with Crippen molar-refractivity contribution >= 4 is 28.6 Å². The first-order valence-corrected chi connectivity index (χ1v) is 6.05. The Bertz CT molecular complexity index is 462. The van der Waals surface area contributed by atoms with E-state index in [0.29, 0.717) is 4.34 Å². The molecule has 1 aromatic carbocycles. The van der Waals surface area contributed by atoms with Gasteiger partial charge >= 0.3 is 0 Å². The van der Waals surface area contributed by atoms with Gasteiger partial charge in [-0.25, -0.2) is 0 Å². The number of halogens is 1. The van der Waals surface area contributed by atoms with E-state index in [9.17, 15) is 0 Å². The normalized spacial score (nSPS) is 10.5. The third-order valence-corrected chi connectivity index (χ3v) is 3.91. The van der Waals surface area contributed by atoms with Crippen LogP contribution in [0.2, 0.25) is 4.34 Å². The second-order valence-corrected chi connectivity index (χ2v) is 4.94. The summed E-state index contributed by atoms with van der Waals surface area (Å²) in [7, 11) is 0. The zero-order chi connectivity index (χ0) is 10.8. The van der Waals surface area contributed by atoms with Crippen LogP contribution in [0.15, 0.2) is 30.3 Å². The summed E-state index contributed by atoms with van der Waals surface area (Å²) >= 11 is 7.62. The summed E-state index contributed by atoms with van der Waals surface area (Å²) in [6.45, 7) is 2.10. The smallest absolute Gasteiger partial charge is 0.117 e. The van der Waals surface area contributed by atoms with Gasteiger partial charge in [-0.15, -0.1) is 11.3 Å². The summed E-state index contributed by atoms with van der Waals surface area (Å²) in [5.41, 5.74) is 9.02. The summed E-state index contributed by atoms with van der Waals surface area (Å²) in [6, 6.07) is 10.2.